The number of nitrogens with two attached hydrogens (primary N) is 1. The number of benzene rings is 1. The molecule has 2 fully saturated rings. The SMILES string of the molecule is Nc1ccc2[nH]c(C(=O)N3CCN3C(=O)C3CCCO3)cc2c1. The maximum absolute atomic E-state index is 12.6. The number of hydrazine groups is 1. The largest absolute Gasteiger partial charge is 0.399 e. The fraction of sp³-hybridized carbons (Fsp3) is 0.375. The molecule has 0 aliphatic carbocycles. The van der Waals surface area contributed by atoms with Gasteiger partial charge in [-0.15, -0.1) is 0 Å². The van der Waals surface area contributed by atoms with Crippen LogP contribution >= 0.6 is 0 Å². The average molecular weight is 314 g/mol. The van der Waals surface area contributed by atoms with Gasteiger partial charge in [0.1, 0.15) is 11.8 Å². The second-order valence-electron chi connectivity index (χ2n) is 5.92. The Balaban J connectivity index is 1.54. The van der Waals surface area contributed by atoms with Gasteiger partial charge in [0, 0.05) is 23.2 Å². The van der Waals surface area contributed by atoms with Crippen LogP contribution in [-0.2, 0) is 9.53 Å². The number of aromatic amines is 1. The fourth-order valence-electron chi connectivity index (χ4n) is 3.08. The molecule has 2 aliphatic rings. The summed E-state index contributed by atoms with van der Waals surface area (Å²) in [4.78, 5) is 28.1. The van der Waals surface area contributed by atoms with E-state index in [9.17, 15) is 9.59 Å². The summed E-state index contributed by atoms with van der Waals surface area (Å²) in [5.41, 5.74) is 7.71. The molecule has 7 heteroatoms. The van der Waals surface area contributed by atoms with Crippen molar-refractivity contribution >= 4 is 28.4 Å². The predicted molar refractivity (Wildman–Crippen MR) is 84.4 cm³/mol. The molecule has 7 nitrogen and oxygen atoms in total. The van der Waals surface area contributed by atoms with Crippen molar-refractivity contribution in [3.05, 3.63) is 30.0 Å². The average Bonchev–Trinajstić information content (AvgIpc) is 3.14. The highest BCUT2D eigenvalue weighted by molar-refractivity contribution is 6.00. The van der Waals surface area contributed by atoms with Crippen molar-refractivity contribution in [3.63, 3.8) is 0 Å². The molecule has 4 rings (SSSR count). The summed E-state index contributed by atoms with van der Waals surface area (Å²) in [5.74, 6) is -0.333. The predicted octanol–water partition coefficient (Wildman–Crippen LogP) is 1.13. The monoisotopic (exact) mass is 314 g/mol. The number of anilines is 1. The Morgan fingerprint density at radius 2 is 2.04 bits per heavy atom. The van der Waals surface area contributed by atoms with Gasteiger partial charge in [0.25, 0.3) is 11.8 Å². The molecular weight excluding hydrogens is 296 g/mol. The van der Waals surface area contributed by atoms with E-state index >= 15 is 0 Å². The summed E-state index contributed by atoms with van der Waals surface area (Å²) < 4.78 is 5.42. The van der Waals surface area contributed by atoms with Crippen molar-refractivity contribution in [1.82, 2.24) is 15.0 Å². The Kier molecular flexibility index (Phi) is 3.23. The number of amides is 2. The van der Waals surface area contributed by atoms with Crippen LogP contribution in [0.25, 0.3) is 10.9 Å². The van der Waals surface area contributed by atoms with E-state index in [-0.39, 0.29) is 11.8 Å². The molecule has 1 unspecified atom stereocenters. The fourth-order valence-corrected chi connectivity index (χ4v) is 3.08. The number of rotatable bonds is 2. The topological polar surface area (TPSA) is 91.7 Å². The number of fused-ring (bicyclic) bond motifs is 1. The third-order valence-electron chi connectivity index (χ3n) is 4.38. The first-order chi connectivity index (χ1) is 11.1. The molecule has 0 radical (unpaired) electrons. The van der Waals surface area contributed by atoms with E-state index in [1.807, 2.05) is 12.1 Å². The lowest BCUT2D eigenvalue weighted by Crippen LogP contribution is -2.63. The van der Waals surface area contributed by atoms with Crippen molar-refractivity contribution in [1.29, 1.82) is 0 Å². The Morgan fingerprint density at radius 1 is 1.22 bits per heavy atom. The number of ether oxygens (including phenoxy) is 1. The van der Waals surface area contributed by atoms with E-state index in [1.165, 1.54) is 10.0 Å². The number of carbonyl (C=O) groups excluding carboxylic acids is 2. The second-order valence-corrected chi connectivity index (χ2v) is 5.92. The molecular formula is C16H18N4O3. The standard InChI is InChI=1S/C16H18N4O3/c17-11-3-4-12-10(8-11)9-13(18-12)15(21)19-5-6-20(19)16(22)14-2-1-7-23-14/h3-4,8-9,14,18H,1-2,5-7,17H2. The molecule has 0 saturated carbocycles. The highest BCUT2D eigenvalue weighted by Crippen LogP contribution is 2.23. The van der Waals surface area contributed by atoms with Gasteiger partial charge in [-0.05, 0) is 37.1 Å². The van der Waals surface area contributed by atoms with Crippen molar-refractivity contribution in [3.8, 4) is 0 Å². The van der Waals surface area contributed by atoms with Gasteiger partial charge in [-0.25, -0.2) is 10.0 Å². The number of nitrogen functional groups attached to an aromatic ring is 1. The number of H-pyrrole nitrogens is 1. The third kappa shape index (κ3) is 2.33. The van der Waals surface area contributed by atoms with Crippen LogP contribution in [0.3, 0.4) is 0 Å². The zero-order valence-corrected chi connectivity index (χ0v) is 12.6. The highest BCUT2D eigenvalue weighted by atomic mass is 16.5. The minimum Gasteiger partial charge on any atom is -0.399 e. The van der Waals surface area contributed by atoms with Crippen LogP contribution in [0.2, 0.25) is 0 Å². The molecule has 120 valence electrons. The number of hydrogen-bond acceptors (Lipinski definition) is 4. The smallest absolute Gasteiger partial charge is 0.288 e. The first-order valence-corrected chi connectivity index (χ1v) is 7.76. The van der Waals surface area contributed by atoms with Gasteiger partial charge in [-0.3, -0.25) is 9.59 Å². The summed E-state index contributed by atoms with van der Waals surface area (Å²) >= 11 is 0. The number of nitrogens with one attached hydrogen (secondary N) is 1. The maximum atomic E-state index is 12.6. The van der Waals surface area contributed by atoms with Crippen LogP contribution in [0.5, 0.6) is 0 Å². The van der Waals surface area contributed by atoms with Crippen LogP contribution in [0, 0.1) is 0 Å². The summed E-state index contributed by atoms with van der Waals surface area (Å²) in [6, 6.07) is 7.20. The van der Waals surface area contributed by atoms with Crippen molar-refractivity contribution in [2.75, 3.05) is 25.4 Å². The zero-order valence-electron chi connectivity index (χ0n) is 12.6. The van der Waals surface area contributed by atoms with Gasteiger partial charge >= 0.3 is 0 Å². The highest BCUT2D eigenvalue weighted by Gasteiger charge is 2.39. The minimum atomic E-state index is -0.409. The van der Waals surface area contributed by atoms with Gasteiger partial charge in [0.05, 0.1) is 13.1 Å². The lowest BCUT2D eigenvalue weighted by atomic mass is 10.2. The lowest BCUT2D eigenvalue weighted by molar-refractivity contribution is -0.168. The molecule has 1 aromatic heterocycles. The normalized spacial score (nSPS) is 20.8. The van der Waals surface area contributed by atoms with Gasteiger partial charge in [-0.2, -0.15) is 0 Å². The molecule has 3 heterocycles. The van der Waals surface area contributed by atoms with E-state index < -0.39 is 6.10 Å². The summed E-state index contributed by atoms with van der Waals surface area (Å²) in [5, 5.41) is 3.84. The second kappa shape index (κ2) is 5.27. The van der Waals surface area contributed by atoms with E-state index in [1.54, 1.807) is 12.1 Å². The number of aromatic nitrogens is 1. The molecule has 2 aromatic rings. The maximum Gasteiger partial charge on any atom is 0.288 e. The van der Waals surface area contributed by atoms with Gasteiger partial charge in [-0.1, -0.05) is 0 Å². The molecule has 1 aromatic carbocycles. The minimum absolute atomic E-state index is 0.123. The zero-order chi connectivity index (χ0) is 16.0. The van der Waals surface area contributed by atoms with Crippen LogP contribution in [-0.4, -0.2) is 52.6 Å². The van der Waals surface area contributed by atoms with Crippen LogP contribution in [0.4, 0.5) is 5.69 Å². The van der Waals surface area contributed by atoms with Gasteiger partial charge < -0.3 is 15.5 Å². The quantitative estimate of drug-likeness (QED) is 0.813. The molecule has 0 spiro atoms. The molecule has 3 N–H and O–H groups in total. The lowest BCUT2D eigenvalue weighted by Gasteiger charge is -2.44. The molecule has 23 heavy (non-hydrogen) atoms. The summed E-state index contributed by atoms with van der Waals surface area (Å²) in [7, 11) is 0. The Bertz CT molecular complexity index is 779. The number of nitrogens with zero attached hydrogens (tertiary/aromatic N) is 2. The van der Waals surface area contributed by atoms with E-state index in [2.05, 4.69) is 4.98 Å². The first-order valence-electron chi connectivity index (χ1n) is 7.76. The molecule has 2 amide bonds. The summed E-state index contributed by atoms with van der Waals surface area (Å²) in [6.07, 6.45) is 1.21. The number of hydrogen-bond donors (Lipinski definition) is 2. The van der Waals surface area contributed by atoms with Crippen LogP contribution in [0.15, 0.2) is 24.3 Å². The van der Waals surface area contributed by atoms with Crippen LogP contribution < -0.4 is 5.73 Å². The molecule has 2 aliphatic heterocycles. The third-order valence-corrected chi connectivity index (χ3v) is 4.38. The van der Waals surface area contributed by atoms with Crippen molar-refractivity contribution in [2.45, 2.75) is 18.9 Å². The van der Waals surface area contributed by atoms with Crippen LogP contribution in [0.1, 0.15) is 23.3 Å². The molecule has 1 atom stereocenters. The molecule has 2 saturated heterocycles. The summed E-state index contributed by atoms with van der Waals surface area (Å²) in [6.45, 7) is 1.70. The van der Waals surface area contributed by atoms with Gasteiger partial charge in [0.2, 0.25) is 0 Å². The Morgan fingerprint density at radius 3 is 2.74 bits per heavy atom. The Labute approximate surface area is 132 Å². The van der Waals surface area contributed by atoms with E-state index in [0.29, 0.717) is 31.1 Å². The molecule has 0 bridgehead atoms. The Hall–Kier alpha value is -2.54. The van der Waals surface area contributed by atoms with Crippen molar-refractivity contribution in [2.24, 2.45) is 0 Å². The number of carbonyl (C=O) groups is 2. The van der Waals surface area contributed by atoms with Crippen molar-refractivity contribution < 1.29 is 14.3 Å². The van der Waals surface area contributed by atoms with Gasteiger partial charge in [0.15, 0.2) is 0 Å². The van der Waals surface area contributed by atoms with E-state index in [4.69, 9.17) is 10.5 Å². The van der Waals surface area contributed by atoms with E-state index in [0.717, 1.165) is 23.7 Å². The first kappa shape index (κ1) is 14.1.